The SMILES string of the molecule is COc1ccc(Cn2ncc3c2-c2cc(C)ccc2-n2cnc(C#N)c2C3)cc1. The topological polar surface area (TPSA) is 68.7 Å². The number of hydrogen-bond acceptors (Lipinski definition) is 4. The Morgan fingerprint density at radius 2 is 2.00 bits per heavy atom. The minimum absolute atomic E-state index is 0.465. The summed E-state index contributed by atoms with van der Waals surface area (Å²) in [6.45, 7) is 2.75. The molecule has 0 saturated heterocycles. The molecular formula is C23H19N5O. The van der Waals surface area contributed by atoms with E-state index in [1.807, 2.05) is 27.6 Å². The van der Waals surface area contributed by atoms with Gasteiger partial charge in [0.15, 0.2) is 5.69 Å². The molecule has 29 heavy (non-hydrogen) atoms. The summed E-state index contributed by atoms with van der Waals surface area (Å²) in [6.07, 6.45) is 4.28. The van der Waals surface area contributed by atoms with Gasteiger partial charge in [0.2, 0.25) is 0 Å². The van der Waals surface area contributed by atoms with Crippen LogP contribution in [0.4, 0.5) is 0 Å². The Labute approximate surface area is 168 Å². The van der Waals surface area contributed by atoms with Crippen LogP contribution in [0.1, 0.15) is 28.1 Å². The average Bonchev–Trinajstić information content (AvgIpc) is 3.29. The van der Waals surface area contributed by atoms with Gasteiger partial charge in [0.25, 0.3) is 0 Å². The number of aryl methyl sites for hydroxylation is 1. The van der Waals surface area contributed by atoms with Gasteiger partial charge < -0.3 is 9.30 Å². The monoisotopic (exact) mass is 381 g/mol. The molecule has 5 rings (SSSR count). The zero-order valence-electron chi connectivity index (χ0n) is 16.3. The van der Waals surface area contributed by atoms with Crippen molar-refractivity contribution in [2.45, 2.75) is 19.9 Å². The van der Waals surface area contributed by atoms with Crippen LogP contribution >= 0.6 is 0 Å². The lowest BCUT2D eigenvalue weighted by Crippen LogP contribution is -2.05. The first-order chi connectivity index (χ1) is 14.2. The molecule has 6 heteroatoms. The number of imidazole rings is 1. The Balaban J connectivity index is 1.67. The fourth-order valence-electron chi connectivity index (χ4n) is 3.96. The Morgan fingerprint density at radius 3 is 2.76 bits per heavy atom. The van der Waals surface area contributed by atoms with Crippen molar-refractivity contribution in [1.82, 2.24) is 19.3 Å². The molecule has 0 atom stereocenters. The summed E-state index contributed by atoms with van der Waals surface area (Å²) in [4.78, 5) is 4.31. The molecule has 0 bridgehead atoms. The Kier molecular flexibility index (Phi) is 3.95. The van der Waals surface area contributed by atoms with Gasteiger partial charge in [-0.1, -0.05) is 23.8 Å². The molecule has 0 aliphatic carbocycles. The van der Waals surface area contributed by atoms with E-state index in [2.05, 4.69) is 48.3 Å². The van der Waals surface area contributed by atoms with E-state index in [0.29, 0.717) is 18.7 Å². The third-order valence-electron chi connectivity index (χ3n) is 5.40. The van der Waals surface area contributed by atoms with Crippen LogP contribution < -0.4 is 4.74 Å². The number of rotatable bonds is 3. The first-order valence-corrected chi connectivity index (χ1v) is 9.43. The minimum Gasteiger partial charge on any atom is -0.497 e. The fraction of sp³-hybridized carbons (Fsp3) is 0.174. The van der Waals surface area contributed by atoms with E-state index >= 15 is 0 Å². The number of nitrogens with zero attached hydrogens (tertiary/aromatic N) is 5. The van der Waals surface area contributed by atoms with Gasteiger partial charge in [-0.2, -0.15) is 10.4 Å². The van der Waals surface area contributed by atoms with Crippen LogP contribution in [-0.4, -0.2) is 26.4 Å². The molecule has 3 heterocycles. The number of benzene rings is 2. The smallest absolute Gasteiger partial charge is 0.162 e. The lowest BCUT2D eigenvalue weighted by atomic mass is 10.0. The van der Waals surface area contributed by atoms with Crippen molar-refractivity contribution in [3.8, 4) is 28.8 Å². The molecule has 0 saturated carbocycles. The van der Waals surface area contributed by atoms with Crippen LogP contribution in [0.5, 0.6) is 5.75 Å². The Bertz CT molecular complexity index is 1260. The summed E-state index contributed by atoms with van der Waals surface area (Å²) in [6, 6.07) is 16.6. The molecule has 4 aromatic rings. The van der Waals surface area contributed by atoms with Gasteiger partial charge >= 0.3 is 0 Å². The fourth-order valence-corrected chi connectivity index (χ4v) is 3.96. The molecule has 0 fully saturated rings. The molecule has 1 aliphatic heterocycles. The summed E-state index contributed by atoms with van der Waals surface area (Å²) in [5.74, 6) is 0.838. The van der Waals surface area contributed by atoms with Gasteiger partial charge in [-0.3, -0.25) is 4.68 Å². The maximum Gasteiger partial charge on any atom is 0.162 e. The van der Waals surface area contributed by atoms with E-state index in [1.54, 1.807) is 13.4 Å². The maximum atomic E-state index is 9.50. The molecule has 0 N–H and O–H groups in total. The van der Waals surface area contributed by atoms with Gasteiger partial charge in [0.05, 0.1) is 36.9 Å². The van der Waals surface area contributed by atoms with Crippen molar-refractivity contribution in [2.24, 2.45) is 0 Å². The average molecular weight is 381 g/mol. The minimum atomic E-state index is 0.465. The van der Waals surface area contributed by atoms with E-state index in [9.17, 15) is 5.26 Å². The number of nitriles is 1. The van der Waals surface area contributed by atoms with Crippen LogP contribution in [-0.2, 0) is 13.0 Å². The van der Waals surface area contributed by atoms with Crippen molar-refractivity contribution in [2.75, 3.05) is 7.11 Å². The normalized spacial score (nSPS) is 11.8. The summed E-state index contributed by atoms with van der Waals surface area (Å²) in [5, 5.41) is 14.2. The van der Waals surface area contributed by atoms with Crippen molar-refractivity contribution in [1.29, 1.82) is 5.26 Å². The third-order valence-corrected chi connectivity index (χ3v) is 5.40. The first-order valence-electron chi connectivity index (χ1n) is 9.43. The highest BCUT2D eigenvalue weighted by atomic mass is 16.5. The van der Waals surface area contributed by atoms with E-state index in [4.69, 9.17) is 9.84 Å². The predicted molar refractivity (Wildman–Crippen MR) is 109 cm³/mol. The zero-order valence-corrected chi connectivity index (χ0v) is 16.3. The molecule has 2 aromatic heterocycles. The van der Waals surface area contributed by atoms with Crippen LogP contribution in [0.2, 0.25) is 0 Å². The van der Waals surface area contributed by atoms with E-state index in [-0.39, 0.29) is 0 Å². The molecule has 0 amide bonds. The zero-order chi connectivity index (χ0) is 20.0. The lowest BCUT2D eigenvalue weighted by Gasteiger charge is -2.14. The molecule has 1 aliphatic rings. The first kappa shape index (κ1) is 17.3. The maximum absolute atomic E-state index is 9.50. The van der Waals surface area contributed by atoms with Crippen LogP contribution in [0.15, 0.2) is 55.0 Å². The summed E-state index contributed by atoms with van der Waals surface area (Å²) >= 11 is 0. The standard InChI is InChI=1S/C23H19N5O/c1-15-3-8-21-19(9-15)23-17(10-22-20(11-24)25-14-27(21)22)12-26-28(23)13-16-4-6-18(29-2)7-5-16/h3-9,12,14H,10,13H2,1-2H3. The Hall–Kier alpha value is -3.85. The Morgan fingerprint density at radius 1 is 1.17 bits per heavy atom. The van der Waals surface area contributed by atoms with Crippen molar-refractivity contribution >= 4 is 0 Å². The summed E-state index contributed by atoms with van der Waals surface area (Å²) < 4.78 is 9.34. The molecule has 0 spiro atoms. The third kappa shape index (κ3) is 2.79. The van der Waals surface area contributed by atoms with Crippen molar-refractivity contribution in [3.05, 3.63) is 83.1 Å². The number of hydrogen-bond donors (Lipinski definition) is 0. The van der Waals surface area contributed by atoms with Gasteiger partial charge in [0, 0.05) is 17.5 Å². The summed E-state index contributed by atoms with van der Waals surface area (Å²) in [5.41, 5.74) is 8.01. The second-order valence-corrected chi connectivity index (χ2v) is 7.24. The van der Waals surface area contributed by atoms with E-state index in [0.717, 1.165) is 39.5 Å². The number of methoxy groups -OCH3 is 1. The predicted octanol–water partition coefficient (Wildman–Crippen LogP) is 3.88. The molecule has 0 radical (unpaired) electrons. The largest absolute Gasteiger partial charge is 0.497 e. The highest BCUT2D eigenvalue weighted by molar-refractivity contribution is 5.76. The van der Waals surface area contributed by atoms with Crippen molar-refractivity contribution in [3.63, 3.8) is 0 Å². The van der Waals surface area contributed by atoms with Crippen LogP contribution in [0.25, 0.3) is 16.9 Å². The summed E-state index contributed by atoms with van der Waals surface area (Å²) in [7, 11) is 1.67. The number of aromatic nitrogens is 4. The van der Waals surface area contributed by atoms with Crippen LogP contribution in [0, 0.1) is 18.3 Å². The number of fused-ring (bicyclic) bond motifs is 5. The van der Waals surface area contributed by atoms with Crippen molar-refractivity contribution < 1.29 is 4.74 Å². The second-order valence-electron chi connectivity index (χ2n) is 7.24. The van der Waals surface area contributed by atoms with Gasteiger partial charge in [0.1, 0.15) is 18.1 Å². The molecule has 6 nitrogen and oxygen atoms in total. The van der Waals surface area contributed by atoms with Gasteiger partial charge in [-0.05, 0) is 36.8 Å². The molecule has 2 aromatic carbocycles. The molecular weight excluding hydrogens is 362 g/mol. The van der Waals surface area contributed by atoms with E-state index < -0.39 is 0 Å². The van der Waals surface area contributed by atoms with Gasteiger partial charge in [-0.25, -0.2) is 4.98 Å². The van der Waals surface area contributed by atoms with Crippen LogP contribution in [0.3, 0.4) is 0 Å². The highest BCUT2D eigenvalue weighted by Gasteiger charge is 2.25. The lowest BCUT2D eigenvalue weighted by molar-refractivity contribution is 0.414. The molecule has 142 valence electrons. The molecule has 0 unspecified atom stereocenters. The second kappa shape index (κ2) is 6.64. The number of ether oxygens (including phenoxy) is 1. The van der Waals surface area contributed by atoms with Gasteiger partial charge in [-0.15, -0.1) is 0 Å². The highest BCUT2D eigenvalue weighted by Crippen LogP contribution is 2.37. The van der Waals surface area contributed by atoms with E-state index in [1.165, 1.54) is 5.56 Å². The quantitative estimate of drug-likeness (QED) is 0.476.